The monoisotopic (exact) mass is 224 g/mol. The Morgan fingerprint density at radius 1 is 1.69 bits per heavy atom. The van der Waals surface area contributed by atoms with E-state index in [2.05, 4.69) is 15.1 Å². The molecule has 0 aromatic carbocycles. The quantitative estimate of drug-likeness (QED) is 0.777. The van der Waals surface area contributed by atoms with Gasteiger partial charge in [0.2, 0.25) is 0 Å². The molecular weight excluding hydrogens is 208 g/mol. The fourth-order valence-corrected chi connectivity index (χ4v) is 1.91. The van der Waals surface area contributed by atoms with Crippen LogP contribution in [0.1, 0.15) is 12.7 Å². The molecule has 1 aromatic heterocycles. The summed E-state index contributed by atoms with van der Waals surface area (Å²) in [5.74, 6) is 0.228. The van der Waals surface area contributed by atoms with Crippen molar-refractivity contribution in [3.05, 3.63) is 12.2 Å². The Morgan fingerprint density at radius 3 is 2.88 bits per heavy atom. The summed E-state index contributed by atoms with van der Waals surface area (Å²) in [6, 6.07) is 0. The van der Waals surface area contributed by atoms with E-state index in [9.17, 15) is 4.79 Å². The van der Waals surface area contributed by atoms with E-state index in [0.29, 0.717) is 0 Å². The smallest absolute Gasteiger partial charge is 0.306 e. The first-order chi connectivity index (χ1) is 7.58. The number of nitrogens with zero attached hydrogens (tertiary/aromatic N) is 4. The third-order valence-electron chi connectivity index (χ3n) is 3.25. The van der Waals surface area contributed by atoms with Crippen LogP contribution in [-0.4, -0.2) is 43.8 Å². The average Bonchev–Trinajstić information content (AvgIpc) is 2.56. The summed E-state index contributed by atoms with van der Waals surface area (Å²) in [4.78, 5) is 13.0. The second-order valence-corrected chi connectivity index (χ2v) is 4.44. The second kappa shape index (κ2) is 4.21. The Labute approximate surface area is 93.9 Å². The average molecular weight is 224 g/mol. The standard InChI is InChI=1S/C10H16N4O2/c1-7(10(15)16)8-3-14(4-8)5-9-12-11-6-13(9)2/h6-8H,3-5H2,1-2H3,(H,15,16). The van der Waals surface area contributed by atoms with Crippen LogP contribution in [0.2, 0.25) is 0 Å². The summed E-state index contributed by atoms with van der Waals surface area (Å²) in [6.07, 6.45) is 1.67. The topological polar surface area (TPSA) is 71.2 Å². The second-order valence-electron chi connectivity index (χ2n) is 4.44. The van der Waals surface area contributed by atoms with E-state index >= 15 is 0 Å². The van der Waals surface area contributed by atoms with Crippen molar-refractivity contribution in [1.29, 1.82) is 0 Å². The fraction of sp³-hybridized carbons (Fsp3) is 0.700. The maximum absolute atomic E-state index is 10.8. The Kier molecular flexibility index (Phi) is 2.91. The molecule has 1 aliphatic rings. The molecule has 2 rings (SSSR count). The molecule has 1 fully saturated rings. The number of aliphatic carboxylic acids is 1. The highest BCUT2D eigenvalue weighted by Gasteiger charge is 2.34. The maximum atomic E-state index is 10.8. The zero-order valence-electron chi connectivity index (χ0n) is 9.50. The van der Waals surface area contributed by atoms with E-state index < -0.39 is 5.97 Å². The minimum atomic E-state index is -0.705. The van der Waals surface area contributed by atoms with Gasteiger partial charge in [0.15, 0.2) is 0 Å². The number of likely N-dealkylation sites (tertiary alicyclic amines) is 1. The molecule has 1 aliphatic heterocycles. The first-order valence-corrected chi connectivity index (χ1v) is 5.36. The lowest BCUT2D eigenvalue weighted by Crippen LogP contribution is -2.50. The van der Waals surface area contributed by atoms with Crippen LogP contribution in [0.25, 0.3) is 0 Å². The van der Waals surface area contributed by atoms with Crippen molar-refractivity contribution in [2.45, 2.75) is 13.5 Å². The molecule has 0 radical (unpaired) electrons. The molecule has 0 saturated carbocycles. The normalized spacial score (nSPS) is 19.4. The van der Waals surface area contributed by atoms with Gasteiger partial charge in [0.05, 0.1) is 12.5 Å². The largest absolute Gasteiger partial charge is 0.481 e. The van der Waals surface area contributed by atoms with Gasteiger partial charge < -0.3 is 9.67 Å². The molecule has 6 heteroatoms. The van der Waals surface area contributed by atoms with Crippen LogP contribution in [0, 0.1) is 11.8 Å². The number of hydrogen-bond donors (Lipinski definition) is 1. The van der Waals surface area contributed by atoms with Crippen LogP contribution >= 0.6 is 0 Å². The van der Waals surface area contributed by atoms with Gasteiger partial charge in [-0.1, -0.05) is 6.92 Å². The summed E-state index contributed by atoms with van der Waals surface area (Å²) in [5.41, 5.74) is 0. The molecule has 0 aliphatic carbocycles. The van der Waals surface area contributed by atoms with Crippen molar-refractivity contribution < 1.29 is 9.90 Å². The number of carboxylic acids is 1. The minimum Gasteiger partial charge on any atom is -0.481 e. The summed E-state index contributed by atoms with van der Waals surface area (Å²) in [5, 5.41) is 16.7. The Morgan fingerprint density at radius 2 is 2.38 bits per heavy atom. The van der Waals surface area contributed by atoms with Crippen LogP contribution in [0.5, 0.6) is 0 Å². The zero-order valence-corrected chi connectivity index (χ0v) is 9.50. The number of aryl methyl sites for hydroxylation is 1. The molecule has 0 amide bonds. The van der Waals surface area contributed by atoms with E-state index in [1.807, 2.05) is 11.6 Å². The third kappa shape index (κ3) is 2.06. The molecule has 1 N–H and O–H groups in total. The summed E-state index contributed by atoms with van der Waals surface area (Å²) in [6.45, 7) is 4.19. The van der Waals surface area contributed by atoms with Crippen molar-refractivity contribution in [3.63, 3.8) is 0 Å². The molecule has 0 spiro atoms. The first-order valence-electron chi connectivity index (χ1n) is 5.36. The number of aromatic nitrogens is 3. The van der Waals surface area contributed by atoms with Crippen LogP contribution < -0.4 is 0 Å². The van der Waals surface area contributed by atoms with E-state index in [1.54, 1.807) is 13.3 Å². The Hall–Kier alpha value is -1.43. The molecule has 0 bridgehead atoms. The number of carbonyl (C=O) groups is 1. The van der Waals surface area contributed by atoms with Crippen molar-refractivity contribution >= 4 is 5.97 Å². The number of carboxylic acid groups (broad SMARTS) is 1. The third-order valence-corrected chi connectivity index (χ3v) is 3.25. The highest BCUT2D eigenvalue weighted by molar-refractivity contribution is 5.70. The predicted octanol–water partition coefficient (Wildman–Crippen LogP) is -0.0324. The molecule has 88 valence electrons. The van der Waals surface area contributed by atoms with Gasteiger partial charge in [-0.3, -0.25) is 9.69 Å². The van der Waals surface area contributed by atoms with Gasteiger partial charge >= 0.3 is 5.97 Å². The predicted molar refractivity (Wildman–Crippen MR) is 56.6 cm³/mol. The molecule has 1 saturated heterocycles. The highest BCUT2D eigenvalue weighted by atomic mass is 16.4. The lowest BCUT2D eigenvalue weighted by atomic mass is 9.87. The molecular formula is C10H16N4O2. The molecule has 1 aromatic rings. The van der Waals surface area contributed by atoms with Gasteiger partial charge in [-0.25, -0.2) is 0 Å². The van der Waals surface area contributed by atoms with Crippen LogP contribution in [0.15, 0.2) is 6.33 Å². The van der Waals surface area contributed by atoms with Gasteiger partial charge in [0, 0.05) is 20.1 Å². The molecule has 6 nitrogen and oxygen atoms in total. The van der Waals surface area contributed by atoms with Crippen molar-refractivity contribution in [2.75, 3.05) is 13.1 Å². The fourth-order valence-electron chi connectivity index (χ4n) is 1.91. The minimum absolute atomic E-state index is 0.254. The summed E-state index contributed by atoms with van der Waals surface area (Å²) >= 11 is 0. The van der Waals surface area contributed by atoms with Gasteiger partial charge in [-0.2, -0.15) is 0 Å². The maximum Gasteiger partial charge on any atom is 0.306 e. The van der Waals surface area contributed by atoms with Crippen molar-refractivity contribution in [2.24, 2.45) is 18.9 Å². The van der Waals surface area contributed by atoms with E-state index in [1.165, 1.54) is 0 Å². The van der Waals surface area contributed by atoms with Crippen molar-refractivity contribution in [1.82, 2.24) is 19.7 Å². The van der Waals surface area contributed by atoms with E-state index in [4.69, 9.17) is 5.11 Å². The highest BCUT2D eigenvalue weighted by Crippen LogP contribution is 2.24. The van der Waals surface area contributed by atoms with Gasteiger partial charge in [-0.05, 0) is 5.92 Å². The van der Waals surface area contributed by atoms with Crippen LogP contribution in [0.4, 0.5) is 0 Å². The molecule has 1 atom stereocenters. The Bertz CT molecular complexity index is 384. The first kappa shape index (κ1) is 11.1. The van der Waals surface area contributed by atoms with Gasteiger partial charge in [0.1, 0.15) is 12.2 Å². The lowest BCUT2D eigenvalue weighted by Gasteiger charge is -2.40. The number of rotatable bonds is 4. The summed E-state index contributed by atoms with van der Waals surface area (Å²) in [7, 11) is 1.91. The zero-order chi connectivity index (χ0) is 11.7. The van der Waals surface area contributed by atoms with E-state index in [0.717, 1.165) is 25.5 Å². The van der Waals surface area contributed by atoms with E-state index in [-0.39, 0.29) is 11.8 Å². The molecule has 2 heterocycles. The number of hydrogen-bond acceptors (Lipinski definition) is 4. The van der Waals surface area contributed by atoms with Crippen LogP contribution in [0.3, 0.4) is 0 Å². The van der Waals surface area contributed by atoms with Crippen molar-refractivity contribution in [3.8, 4) is 0 Å². The summed E-state index contributed by atoms with van der Waals surface area (Å²) < 4.78 is 1.88. The van der Waals surface area contributed by atoms with Gasteiger partial charge in [0.25, 0.3) is 0 Å². The SMILES string of the molecule is CC(C(=O)O)C1CN(Cc2nncn2C)C1. The molecule has 1 unspecified atom stereocenters. The van der Waals surface area contributed by atoms with Crippen LogP contribution in [-0.2, 0) is 18.4 Å². The lowest BCUT2D eigenvalue weighted by molar-refractivity contribution is -0.145. The Balaban J connectivity index is 1.81. The van der Waals surface area contributed by atoms with Gasteiger partial charge in [-0.15, -0.1) is 10.2 Å². The molecule has 16 heavy (non-hydrogen) atoms.